The second-order valence-corrected chi connectivity index (χ2v) is 6.79. The van der Waals surface area contributed by atoms with E-state index in [1.165, 1.54) is 24.3 Å². The van der Waals surface area contributed by atoms with Gasteiger partial charge in [0.1, 0.15) is 5.82 Å². The van der Waals surface area contributed by atoms with Gasteiger partial charge in [0.15, 0.2) is 0 Å². The summed E-state index contributed by atoms with van der Waals surface area (Å²) < 4.78 is 13.0. The molecule has 1 saturated heterocycles. The number of carbonyl (C=O) groups is 2. The molecule has 2 amide bonds. The Balaban J connectivity index is 0.00000225. The summed E-state index contributed by atoms with van der Waals surface area (Å²) in [5.41, 5.74) is 6.20. The van der Waals surface area contributed by atoms with Gasteiger partial charge in [-0.25, -0.2) is 4.39 Å². The summed E-state index contributed by atoms with van der Waals surface area (Å²) in [6.07, 6.45) is 3.83. The summed E-state index contributed by atoms with van der Waals surface area (Å²) >= 11 is 0. The maximum Gasteiger partial charge on any atom is 0.253 e. The van der Waals surface area contributed by atoms with Gasteiger partial charge in [-0.05, 0) is 55.9 Å². The van der Waals surface area contributed by atoms with Gasteiger partial charge in [-0.3, -0.25) is 9.59 Å². The van der Waals surface area contributed by atoms with E-state index in [9.17, 15) is 14.0 Å². The first-order chi connectivity index (χ1) is 11.6. The van der Waals surface area contributed by atoms with Gasteiger partial charge in [-0.1, -0.05) is 0 Å². The monoisotopic (exact) mass is 369 g/mol. The summed E-state index contributed by atoms with van der Waals surface area (Å²) in [6, 6.07) is 5.59. The summed E-state index contributed by atoms with van der Waals surface area (Å²) in [7, 11) is 0. The van der Waals surface area contributed by atoms with Gasteiger partial charge in [0, 0.05) is 31.2 Å². The first-order valence-corrected chi connectivity index (χ1v) is 8.63. The van der Waals surface area contributed by atoms with Crippen molar-refractivity contribution in [1.29, 1.82) is 0 Å². The minimum absolute atomic E-state index is 0. The average molecular weight is 370 g/mol. The molecule has 1 heterocycles. The number of hydrogen-bond donors (Lipinski definition) is 2. The number of amides is 2. The molecular weight excluding hydrogens is 345 g/mol. The molecule has 1 aliphatic carbocycles. The third-order valence-electron chi connectivity index (χ3n) is 4.94. The summed E-state index contributed by atoms with van der Waals surface area (Å²) in [6.45, 7) is 1.49. The third kappa shape index (κ3) is 4.92. The van der Waals surface area contributed by atoms with Crippen molar-refractivity contribution in [3.05, 3.63) is 35.6 Å². The van der Waals surface area contributed by atoms with Gasteiger partial charge < -0.3 is 16.0 Å². The first kappa shape index (κ1) is 19.7. The Morgan fingerprint density at radius 2 is 1.92 bits per heavy atom. The highest BCUT2D eigenvalue weighted by molar-refractivity contribution is 5.94. The number of halogens is 2. The first-order valence-electron chi connectivity index (χ1n) is 8.63. The molecule has 2 fully saturated rings. The van der Waals surface area contributed by atoms with E-state index >= 15 is 0 Å². The standard InChI is InChI=1S/C18H24FN3O2.ClH/c19-15-7-5-13(6-8-15)18(24)22-9-1-2-14(11-22)17(23)21-16(10-20)12-3-4-12;/h5-8,12,14,16H,1-4,9-11,20H2,(H,21,23);1H. The van der Waals surface area contributed by atoms with Crippen LogP contribution in [-0.4, -0.2) is 42.4 Å². The van der Waals surface area contributed by atoms with E-state index in [2.05, 4.69) is 5.32 Å². The van der Waals surface area contributed by atoms with Gasteiger partial charge in [0.2, 0.25) is 5.91 Å². The molecule has 0 radical (unpaired) electrons. The molecule has 0 aromatic heterocycles. The van der Waals surface area contributed by atoms with Crippen LogP contribution in [0.15, 0.2) is 24.3 Å². The van der Waals surface area contributed by atoms with E-state index in [0.29, 0.717) is 31.1 Å². The fourth-order valence-corrected chi connectivity index (χ4v) is 3.32. The van der Waals surface area contributed by atoms with Crippen molar-refractivity contribution in [1.82, 2.24) is 10.2 Å². The number of rotatable bonds is 5. The van der Waals surface area contributed by atoms with E-state index in [-0.39, 0.29) is 42.0 Å². The number of nitrogens with one attached hydrogen (secondary N) is 1. The van der Waals surface area contributed by atoms with Crippen molar-refractivity contribution in [3.63, 3.8) is 0 Å². The van der Waals surface area contributed by atoms with Crippen molar-refractivity contribution in [2.24, 2.45) is 17.6 Å². The zero-order chi connectivity index (χ0) is 17.1. The Labute approximate surface area is 153 Å². The minimum Gasteiger partial charge on any atom is -0.352 e. The topological polar surface area (TPSA) is 75.4 Å². The van der Waals surface area contributed by atoms with Crippen molar-refractivity contribution in [2.45, 2.75) is 31.7 Å². The lowest BCUT2D eigenvalue weighted by atomic mass is 9.95. The molecule has 0 bridgehead atoms. The normalized spacial score (nSPS) is 21.2. The highest BCUT2D eigenvalue weighted by Gasteiger charge is 2.34. The summed E-state index contributed by atoms with van der Waals surface area (Å²) in [4.78, 5) is 26.7. The van der Waals surface area contributed by atoms with Crippen LogP contribution >= 0.6 is 12.4 Å². The lowest BCUT2D eigenvalue weighted by Crippen LogP contribution is -2.49. The van der Waals surface area contributed by atoms with E-state index < -0.39 is 0 Å². The molecule has 1 aliphatic heterocycles. The van der Waals surface area contributed by atoms with E-state index in [0.717, 1.165) is 25.7 Å². The second-order valence-electron chi connectivity index (χ2n) is 6.79. The molecule has 3 N–H and O–H groups in total. The summed E-state index contributed by atoms with van der Waals surface area (Å²) in [5.74, 6) is -0.204. The number of nitrogens with two attached hydrogens (primary N) is 1. The number of likely N-dealkylation sites (tertiary alicyclic amines) is 1. The molecule has 1 aromatic carbocycles. The van der Waals surface area contributed by atoms with E-state index in [1.54, 1.807) is 4.90 Å². The molecule has 0 spiro atoms. The highest BCUT2D eigenvalue weighted by Crippen LogP contribution is 2.32. The van der Waals surface area contributed by atoms with Crippen LogP contribution in [0.25, 0.3) is 0 Å². The zero-order valence-electron chi connectivity index (χ0n) is 14.1. The maximum absolute atomic E-state index is 13.0. The van der Waals surface area contributed by atoms with E-state index in [4.69, 9.17) is 5.73 Å². The van der Waals surface area contributed by atoms with Crippen molar-refractivity contribution >= 4 is 24.2 Å². The average Bonchev–Trinajstić information content (AvgIpc) is 3.44. The molecule has 3 rings (SSSR count). The van der Waals surface area contributed by atoms with Crippen LogP contribution in [0.3, 0.4) is 0 Å². The summed E-state index contributed by atoms with van der Waals surface area (Å²) in [5, 5.41) is 3.05. The maximum atomic E-state index is 13.0. The predicted molar refractivity (Wildman–Crippen MR) is 96.0 cm³/mol. The zero-order valence-corrected chi connectivity index (χ0v) is 14.9. The van der Waals surface area contributed by atoms with Gasteiger partial charge in [0.25, 0.3) is 5.91 Å². The van der Waals surface area contributed by atoms with Crippen LogP contribution in [0, 0.1) is 17.7 Å². The van der Waals surface area contributed by atoms with Crippen LogP contribution in [0.5, 0.6) is 0 Å². The Kier molecular flexibility index (Phi) is 6.79. The Morgan fingerprint density at radius 3 is 2.52 bits per heavy atom. The molecule has 1 aromatic rings. The van der Waals surface area contributed by atoms with E-state index in [1.807, 2.05) is 0 Å². The molecule has 2 unspecified atom stereocenters. The van der Waals surface area contributed by atoms with Gasteiger partial charge in [-0.2, -0.15) is 0 Å². The van der Waals surface area contributed by atoms with Crippen LogP contribution < -0.4 is 11.1 Å². The molecule has 138 valence electrons. The van der Waals surface area contributed by atoms with Gasteiger partial charge in [-0.15, -0.1) is 12.4 Å². The molecule has 25 heavy (non-hydrogen) atoms. The highest BCUT2D eigenvalue weighted by atomic mass is 35.5. The smallest absolute Gasteiger partial charge is 0.253 e. The number of carbonyl (C=O) groups excluding carboxylic acids is 2. The molecule has 5 nitrogen and oxygen atoms in total. The van der Waals surface area contributed by atoms with Gasteiger partial charge >= 0.3 is 0 Å². The predicted octanol–water partition coefficient (Wildman–Crippen LogP) is 1.95. The Bertz CT molecular complexity index is 607. The van der Waals surface area contributed by atoms with Crippen molar-refractivity contribution in [3.8, 4) is 0 Å². The second kappa shape index (κ2) is 8.63. The minimum atomic E-state index is -0.365. The van der Waals surface area contributed by atoms with Crippen LogP contribution in [-0.2, 0) is 4.79 Å². The van der Waals surface area contributed by atoms with Crippen molar-refractivity contribution < 1.29 is 14.0 Å². The van der Waals surface area contributed by atoms with Crippen LogP contribution in [0.4, 0.5) is 4.39 Å². The van der Waals surface area contributed by atoms with Crippen LogP contribution in [0.1, 0.15) is 36.0 Å². The molecule has 1 saturated carbocycles. The number of hydrogen-bond acceptors (Lipinski definition) is 3. The van der Waals surface area contributed by atoms with Gasteiger partial charge in [0.05, 0.1) is 5.92 Å². The molecule has 2 aliphatic rings. The largest absolute Gasteiger partial charge is 0.352 e. The van der Waals surface area contributed by atoms with Crippen LogP contribution in [0.2, 0.25) is 0 Å². The quantitative estimate of drug-likeness (QED) is 0.833. The number of piperidine rings is 1. The number of nitrogens with zero attached hydrogens (tertiary/aromatic N) is 1. The SMILES string of the molecule is Cl.NCC(NC(=O)C1CCCN(C(=O)c2ccc(F)cc2)C1)C1CC1. The third-order valence-corrected chi connectivity index (χ3v) is 4.94. The Morgan fingerprint density at radius 1 is 1.24 bits per heavy atom. The number of benzene rings is 1. The fourth-order valence-electron chi connectivity index (χ4n) is 3.32. The Hall–Kier alpha value is -1.66. The lowest BCUT2D eigenvalue weighted by Gasteiger charge is -2.33. The lowest BCUT2D eigenvalue weighted by molar-refractivity contribution is -0.127. The fraction of sp³-hybridized carbons (Fsp3) is 0.556. The molecule has 7 heteroatoms. The molecule has 2 atom stereocenters. The molecular formula is C18H25ClFN3O2. The van der Waals surface area contributed by atoms with Crippen molar-refractivity contribution in [2.75, 3.05) is 19.6 Å².